The van der Waals surface area contributed by atoms with Crippen LogP contribution in [0.15, 0.2) is 42.6 Å². The number of carbonyl (C=O) groups is 3. The fraction of sp³-hybridized carbons (Fsp3) is 0.400. The molecule has 1 aliphatic heterocycles. The Morgan fingerprint density at radius 1 is 1.02 bits per heavy atom. The van der Waals surface area contributed by atoms with E-state index in [9.17, 15) is 14.4 Å². The quantitative estimate of drug-likeness (QED) is 0.313. The normalized spacial score (nSPS) is 13.8. The van der Waals surface area contributed by atoms with E-state index in [4.69, 9.17) is 25.8 Å². The number of halogens is 1. The Kier molecular flexibility index (Phi) is 9.62. The lowest BCUT2D eigenvalue weighted by atomic mass is 9.98. The molecule has 1 fully saturated rings. The number of benzene rings is 2. The number of aromatic nitrogens is 1. The topological polar surface area (TPSA) is 131 Å². The molecule has 0 unspecified atom stereocenters. The van der Waals surface area contributed by atoms with Crippen LogP contribution >= 0.6 is 11.6 Å². The first-order valence-electron chi connectivity index (χ1n) is 13.7. The number of hydrogen-bond donors (Lipinski definition) is 3. The zero-order valence-electron chi connectivity index (χ0n) is 24.4. The third-order valence-electron chi connectivity index (χ3n) is 6.66. The van der Waals surface area contributed by atoms with Gasteiger partial charge in [0.15, 0.2) is 0 Å². The summed E-state index contributed by atoms with van der Waals surface area (Å²) in [5.74, 6) is 1.22. The maximum absolute atomic E-state index is 12.9. The molecule has 1 aliphatic rings. The molecule has 0 bridgehead atoms. The predicted molar refractivity (Wildman–Crippen MR) is 161 cm³/mol. The van der Waals surface area contributed by atoms with E-state index < -0.39 is 11.6 Å². The smallest absolute Gasteiger partial charge is 0.410 e. The van der Waals surface area contributed by atoms with E-state index in [0.29, 0.717) is 64.1 Å². The highest BCUT2D eigenvalue weighted by Gasteiger charge is 2.27. The van der Waals surface area contributed by atoms with Gasteiger partial charge < -0.3 is 35.1 Å². The highest BCUT2D eigenvalue weighted by molar-refractivity contribution is 6.33. The molecule has 224 valence electrons. The number of ether oxygens (including phenoxy) is 3. The second-order valence-electron chi connectivity index (χ2n) is 10.9. The van der Waals surface area contributed by atoms with Crippen molar-refractivity contribution in [2.24, 2.45) is 5.92 Å². The molecule has 1 aromatic heterocycles. The summed E-state index contributed by atoms with van der Waals surface area (Å²) in [4.78, 5) is 43.1. The summed E-state index contributed by atoms with van der Waals surface area (Å²) in [6.07, 6.45) is 2.83. The summed E-state index contributed by atoms with van der Waals surface area (Å²) in [7, 11) is 3.07. The van der Waals surface area contributed by atoms with Crippen LogP contribution in [0.2, 0.25) is 5.02 Å². The highest BCUT2D eigenvalue weighted by Crippen LogP contribution is 2.36. The van der Waals surface area contributed by atoms with Gasteiger partial charge in [-0.05, 0) is 63.8 Å². The van der Waals surface area contributed by atoms with Crippen LogP contribution in [0.3, 0.4) is 0 Å². The largest absolute Gasteiger partial charge is 0.492 e. The van der Waals surface area contributed by atoms with Crippen LogP contribution in [-0.4, -0.2) is 67.3 Å². The van der Waals surface area contributed by atoms with Crippen molar-refractivity contribution in [2.75, 3.05) is 39.1 Å². The van der Waals surface area contributed by atoms with E-state index in [0.717, 1.165) is 12.8 Å². The van der Waals surface area contributed by atoms with Crippen LogP contribution < -0.4 is 25.4 Å². The Hall–Kier alpha value is -4.25. The minimum absolute atomic E-state index is 0.213. The molecule has 0 radical (unpaired) electrons. The number of hydrogen-bond acceptors (Lipinski definition) is 7. The number of likely N-dealkylation sites (tertiary alicyclic amines) is 1. The number of nitrogens with zero attached hydrogens (tertiary/aromatic N) is 2. The molecule has 12 heteroatoms. The van der Waals surface area contributed by atoms with Gasteiger partial charge in [-0.1, -0.05) is 11.6 Å². The molecule has 0 atom stereocenters. The molecule has 4 amide bonds. The Morgan fingerprint density at radius 3 is 2.40 bits per heavy atom. The summed E-state index contributed by atoms with van der Waals surface area (Å²) in [6, 6.07) is 9.62. The summed E-state index contributed by atoms with van der Waals surface area (Å²) in [5, 5.41) is 8.68. The van der Waals surface area contributed by atoms with Gasteiger partial charge in [0.05, 0.1) is 28.4 Å². The van der Waals surface area contributed by atoms with Crippen LogP contribution in [0.25, 0.3) is 10.9 Å². The van der Waals surface area contributed by atoms with Crippen molar-refractivity contribution in [1.82, 2.24) is 20.5 Å². The zero-order valence-corrected chi connectivity index (χ0v) is 25.1. The Labute approximate surface area is 249 Å². The first-order valence-corrected chi connectivity index (χ1v) is 14.1. The molecule has 0 aliphatic carbocycles. The average molecular weight is 598 g/mol. The van der Waals surface area contributed by atoms with Crippen molar-refractivity contribution >= 4 is 46.2 Å². The summed E-state index contributed by atoms with van der Waals surface area (Å²) in [5.41, 5.74) is 0.823. The number of anilines is 1. The maximum atomic E-state index is 12.9. The van der Waals surface area contributed by atoms with E-state index >= 15 is 0 Å². The molecule has 3 N–H and O–H groups in total. The monoisotopic (exact) mass is 597 g/mol. The van der Waals surface area contributed by atoms with Crippen LogP contribution in [0.1, 0.15) is 44.0 Å². The number of piperidine rings is 1. The molecule has 42 heavy (non-hydrogen) atoms. The SMILES string of the molecule is CNC(=O)Nc1ccc(Oc2ccnc3cc(OCC4CCN(C(=O)OC(C)(C)C)CC4)c(C(=O)NC)cc23)cc1Cl. The number of urea groups is 1. The molecule has 2 aromatic carbocycles. The molecule has 3 aromatic rings. The Morgan fingerprint density at radius 2 is 1.76 bits per heavy atom. The van der Waals surface area contributed by atoms with E-state index in [1.165, 1.54) is 7.05 Å². The molecule has 11 nitrogen and oxygen atoms in total. The second-order valence-corrected chi connectivity index (χ2v) is 11.3. The van der Waals surface area contributed by atoms with E-state index in [-0.39, 0.29) is 17.9 Å². The average Bonchev–Trinajstić information content (AvgIpc) is 2.96. The van der Waals surface area contributed by atoms with Gasteiger partial charge in [0.1, 0.15) is 22.8 Å². The minimum Gasteiger partial charge on any atom is -0.492 e. The van der Waals surface area contributed by atoms with Gasteiger partial charge in [-0.2, -0.15) is 0 Å². The van der Waals surface area contributed by atoms with Gasteiger partial charge in [-0.3, -0.25) is 9.78 Å². The van der Waals surface area contributed by atoms with Gasteiger partial charge in [-0.15, -0.1) is 0 Å². The number of amides is 4. The van der Waals surface area contributed by atoms with Gasteiger partial charge in [0, 0.05) is 50.9 Å². The van der Waals surface area contributed by atoms with Gasteiger partial charge in [0.2, 0.25) is 0 Å². The van der Waals surface area contributed by atoms with Crippen LogP contribution in [0.5, 0.6) is 17.2 Å². The van der Waals surface area contributed by atoms with Gasteiger partial charge in [-0.25, -0.2) is 9.59 Å². The number of fused-ring (bicyclic) bond motifs is 1. The van der Waals surface area contributed by atoms with E-state index in [1.807, 2.05) is 20.8 Å². The van der Waals surface area contributed by atoms with Crippen molar-refractivity contribution in [3.05, 3.63) is 53.2 Å². The lowest BCUT2D eigenvalue weighted by molar-refractivity contribution is 0.0164. The highest BCUT2D eigenvalue weighted by atomic mass is 35.5. The van der Waals surface area contributed by atoms with Crippen LogP contribution in [-0.2, 0) is 4.74 Å². The fourth-order valence-corrected chi connectivity index (χ4v) is 4.68. The number of rotatable bonds is 7. The zero-order chi connectivity index (χ0) is 30.4. The molecular formula is C30H36ClN5O6. The molecule has 2 heterocycles. The molecule has 0 saturated carbocycles. The minimum atomic E-state index is -0.536. The van der Waals surface area contributed by atoms with Crippen molar-refractivity contribution in [3.8, 4) is 17.2 Å². The Bertz CT molecular complexity index is 1470. The first-order chi connectivity index (χ1) is 20.0. The lowest BCUT2D eigenvalue weighted by Gasteiger charge is -2.33. The van der Waals surface area contributed by atoms with Crippen molar-refractivity contribution in [3.63, 3.8) is 0 Å². The number of nitrogens with one attached hydrogen (secondary N) is 3. The van der Waals surface area contributed by atoms with Crippen molar-refractivity contribution < 1.29 is 28.6 Å². The standard InChI is InChI=1S/C30H36ClN5O6/c1-30(2,3)42-29(39)36-12-9-18(10-13-36)17-40-26-16-24-20(15-21(26)27(37)32-4)25(8-11-34-24)41-19-6-7-23(22(31)14-19)35-28(38)33-5/h6-8,11,14-16,18H,9-10,12-13,17H2,1-5H3,(H,32,37)(H2,33,35,38). The number of pyridine rings is 1. The molecule has 0 spiro atoms. The summed E-state index contributed by atoms with van der Waals surface area (Å²) >= 11 is 6.34. The van der Waals surface area contributed by atoms with Gasteiger partial charge in [0.25, 0.3) is 5.91 Å². The van der Waals surface area contributed by atoms with Crippen molar-refractivity contribution in [1.29, 1.82) is 0 Å². The summed E-state index contributed by atoms with van der Waals surface area (Å²) in [6.45, 7) is 7.11. The third-order valence-corrected chi connectivity index (χ3v) is 6.97. The molecule has 4 rings (SSSR count). The first kappa shape index (κ1) is 30.7. The summed E-state index contributed by atoms with van der Waals surface area (Å²) < 4.78 is 17.8. The predicted octanol–water partition coefficient (Wildman–Crippen LogP) is 5.82. The molecule has 1 saturated heterocycles. The molecular weight excluding hydrogens is 562 g/mol. The number of carbonyl (C=O) groups excluding carboxylic acids is 3. The maximum Gasteiger partial charge on any atom is 0.410 e. The van der Waals surface area contributed by atoms with E-state index in [1.54, 1.807) is 54.5 Å². The van der Waals surface area contributed by atoms with Crippen molar-refractivity contribution in [2.45, 2.75) is 39.2 Å². The second kappa shape index (κ2) is 13.2. The third kappa shape index (κ3) is 7.73. The van der Waals surface area contributed by atoms with Gasteiger partial charge >= 0.3 is 12.1 Å². The lowest BCUT2D eigenvalue weighted by Crippen LogP contribution is -2.42. The Balaban J connectivity index is 1.49. The fourth-order valence-electron chi connectivity index (χ4n) is 4.46. The van der Waals surface area contributed by atoms with Crippen LogP contribution in [0.4, 0.5) is 15.3 Å². The van der Waals surface area contributed by atoms with E-state index in [2.05, 4.69) is 20.9 Å². The van der Waals surface area contributed by atoms with Crippen LogP contribution in [0, 0.1) is 5.92 Å².